The summed E-state index contributed by atoms with van der Waals surface area (Å²) in [6.45, 7) is 16.7. The fraction of sp³-hybridized carbons (Fsp3) is 0.650. The maximum atomic E-state index is 14.4. The number of piperidine rings is 1. The van der Waals surface area contributed by atoms with E-state index < -0.39 is 65.9 Å². The van der Waals surface area contributed by atoms with Gasteiger partial charge in [0, 0.05) is 75.9 Å². The van der Waals surface area contributed by atoms with Crippen LogP contribution in [0.25, 0.3) is 0 Å². The highest BCUT2D eigenvalue weighted by molar-refractivity contribution is 7.09. The lowest BCUT2D eigenvalue weighted by atomic mass is 9.92. The Labute approximate surface area is 509 Å². The Balaban J connectivity index is 1.20. The number of carbonyl (C=O) groups is 10. The molecule has 8 atom stereocenters. The predicted molar refractivity (Wildman–Crippen MR) is 321 cm³/mol. The topological polar surface area (TPSA) is 323 Å². The van der Waals surface area contributed by atoms with E-state index in [2.05, 4.69) is 36.9 Å². The number of hydrogen-bond donors (Lipinski definition) is 7. The number of rotatable bonds is 38. The standard InChI is InChI=1S/C60H92N10O15S/c1-11-16-43(64-57(79)45-36-86-59(66-45)49(85-41(8)71)35-47(37(3)4)69(10)60(81)54(38(5)12-2)67-58(80)46-17-13-14-25-68(46)9)33-42-19-20-48(72)44(34-42)65-56(78)40(7)63-55(77)39(6)62-51(74)23-27-82-29-31-84-32-30-83-28-24-61-50(73)18-15-26-70-52(75)21-22-53(70)76/h19-22,34,36-40,43,46-47,49,54,72H,11-18,23-33,35H2,1-10H3,(H,61,73)(H,62,74)(H,63,77)(H,64,79)(H,65,78)(H,67,80)/t38-,39-,40-,43+,46?,47+,49+,54-/m0/s1. The van der Waals surface area contributed by atoms with E-state index in [-0.39, 0.29) is 137 Å². The highest BCUT2D eigenvalue weighted by Gasteiger charge is 2.38. The number of phenols is 1. The first-order chi connectivity index (χ1) is 40.9. The van der Waals surface area contributed by atoms with Crippen molar-refractivity contribution in [2.45, 2.75) is 168 Å². The van der Waals surface area contributed by atoms with Gasteiger partial charge in [-0.15, -0.1) is 11.3 Å². The number of aromatic hydroxyl groups is 1. The van der Waals surface area contributed by atoms with Gasteiger partial charge in [-0.1, -0.05) is 59.9 Å². The molecule has 9 amide bonds. The van der Waals surface area contributed by atoms with Crippen molar-refractivity contribution in [3.8, 4) is 5.75 Å². The van der Waals surface area contributed by atoms with Crippen molar-refractivity contribution in [3.63, 3.8) is 0 Å². The van der Waals surface area contributed by atoms with Crippen LogP contribution in [-0.2, 0) is 68.5 Å². The van der Waals surface area contributed by atoms with Gasteiger partial charge in [0.25, 0.3) is 17.7 Å². The molecule has 86 heavy (non-hydrogen) atoms. The fourth-order valence-corrected chi connectivity index (χ4v) is 10.7. The first-order valence-corrected chi connectivity index (χ1v) is 30.8. The van der Waals surface area contributed by atoms with Crippen molar-refractivity contribution < 1.29 is 72.0 Å². The molecule has 0 bridgehead atoms. The van der Waals surface area contributed by atoms with E-state index in [0.717, 1.165) is 42.0 Å². The molecule has 26 heteroatoms. The minimum absolute atomic E-state index is 0.0398. The van der Waals surface area contributed by atoms with Gasteiger partial charge in [0.1, 0.15) is 34.6 Å². The summed E-state index contributed by atoms with van der Waals surface area (Å²) >= 11 is 1.16. The number of imide groups is 1. The summed E-state index contributed by atoms with van der Waals surface area (Å²) in [7, 11) is 3.63. The van der Waals surface area contributed by atoms with Gasteiger partial charge in [0.15, 0.2) is 6.10 Å². The van der Waals surface area contributed by atoms with Gasteiger partial charge in [-0.25, -0.2) is 4.98 Å². The zero-order chi connectivity index (χ0) is 63.5. The van der Waals surface area contributed by atoms with Crippen molar-refractivity contribution >= 4 is 76.2 Å². The molecule has 7 N–H and O–H groups in total. The zero-order valence-corrected chi connectivity index (χ0v) is 52.5. The fourth-order valence-electron chi connectivity index (χ4n) is 9.82. The number of likely N-dealkylation sites (N-methyl/N-ethyl adjacent to an activating group) is 2. The van der Waals surface area contributed by atoms with Crippen LogP contribution in [-0.4, -0.2) is 194 Å². The van der Waals surface area contributed by atoms with E-state index >= 15 is 0 Å². The molecule has 0 radical (unpaired) electrons. The normalized spacial score (nSPS) is 16.7. The van der Waals surface area contributed by atoms with Crippen molar-refractivity contribution in [3.05, 3.63) is 52.0 Å². The van der Waals surface area contributed by atoms with Gasteiger partial charge in [-0.2, -0.15) is 0 Å². The van der Waals surface area contributed by atoms with Crippen LogP contribution in [0, 0.1) is 11.8 Å². The number of esters is 1. The quantitative estimate of drug-likeness (QED) is 0.0218. The summed E-state index contributed by atoms with van der Waals surface area (Å²) in [4.78, 5) is 138. The molecule has 4 rings (SSSR count). The Morgan fingerprint density at radius 3 is 2.13 bits per heavy atom. The smallest absolute Gasteiger partial charge is 0.303 e. The van der Waals surface area contributed by atoms with Gasteiger partial charge < -0.3 is 60.9 Å². The Hall–Kier alpha value is -6.87. The molecule has 1 saturated heterocycles. The number of carbonyl (C=O) groups excluding carboxylic acids is 10. The molecule has 478 valence electrons. The van der Waals surface area contributed by atoms with Gasteiger partial charge in [0.05, 0.1) is 51.4 Å². The van der Waals surface area contributed by atoms with Crippen LogP contribution in [0.4, 0.5) is 5.69 Å². The number of aromatic nitrogens is 1. The molecule has 0 aliphatic carbocycles. The van der Waals surface area contributed by atoms with Crippen molar-refractivity contribution in [2.75, 3.05) is 78.7 Å². The number of thiazole rings is 1. The Bertz CT molecular complexity index is 2620. The number of phenolic OH excluding ortho intramolecular Hbond substituents is 1. The molecule has 0 spiro atoms. The number of ether oxygens (including phenoxy) is 4. The lowest BCUT2D eigenvalue weighted by Crippen LogP contribution is -2.58. The number of amides is 9. The molecular formula is C60H92N10O15S. The summed E-state index contributed by atoms with van der Waals surface area (Å²) in [5.41, 5.74) is 0.862. The molecule has 1 aromatic heterocycles. The lowest BCUT2D eigenvalue weighted by Gasteiger charge is -2.38. The monoisotopic (exact) mass is 1220 g/mol. The average Bonchev–Trinajstić information content (AvgIpc) is 3.27. The first kappa shape index (κ1) is 71.6. The van der Waals surface area contributed by atoms with E-state index in [4.69, 9.17) is 18.9 Å². The molecule has 2 aliphatic heterocycles. The summed E-state index contributed by atoms with van der Waals surface area (Å²) in [5.74, 6) is -4.60. The lowest BCUT2D eigenvalue weighted by molar-refractivity contribution is -0.149. The number of anilines is 1. The minimum Gasteiger partial charge on any atom is -0.506 e. The molecule has 0 saturated carbocycles. The molecular weight excluding hydrogens is 1130 g/mol. The SMILES string of the molecule is CCC[C@H](Cc1ccc(O)c(NC(=O)[C@H](C)NC(=O)[C@H](C)NC(=O)CCOCCOCCOCCNC(=O)CCCN2C(=O)C=CC2=O)c1)NC(=O)c1csc([C@@H](C[C@H](C(C)C)N(C)C(=O)[C@@H](NC(=O)C2CCCCN2C)[C@@H](C)CC)OC(C)=O)n1. The van der Waals surface area contributed by atoms with Gasteiger partial charge in [-0.3, -0.25) is 57.7 Å². The second-order valence-corrected chi connectivity index (χ2v) is 23.1. The van der Waals surface area contributed by atoms with Crippen molar-refractivity contribution in [2.24, 2.45) is 11.8 Å². The van der Waals surface area contributed by atoms with Crippen LogP contribution in [0.5, 0.6) is 5.75 Å². The number of likely N-dealkylation sites (tertiary alicyclic amines) is 1. The van der Waals surface area contributed by atoms with E-state index in [0.29, 0.717) is 42.7 Å². The van der Waals surface area contributed by atoms with E-state index in [1.807, 2.05) is 46.6 Å². The van der Waals surface area contributed by atoms with Gasteiger partial charge >= 0.3 is 5.97 Å². The van der Waals surface area contributed by atoms with Crippen molar-refractivity contribution in [1.29, 1.82) is 0 Å². The van der Waals surface area contributed by atoms with E-state index in [9.17, 15) is 53.1 Å². The third kappa shape index (κ3) is 23.8. The van der Waals surface area contributed by atoms with E-state index in [1.165, 1.54) is 39.0 Å². The third-order valence-electron chi connectivity index (χ3n) is 15.0. The van der Waals surface area contributed by atoms with Crippen molar-refractivity contribution in [1.82, 2.24) is 46.3 Å². The number of nitrogens with one attached hydrogen (secondary N) is 6. The average molecular weight is 1230 g/mol. The summed E-state index contributed by atoms with van der Waals surface area (Å²) in [6.07, 6.45) is 7.10. The molecule has 1 fully saturated rings. The second kappa shape index (κ2) is 37.0. The molecule has 1 aromatic carbocycles. The van der Waals surface area contributed by atoms with Crippen LogP contribution < -0.4 is 31.9 Å². The second-order valence-electron chi connectivity index (χ2n) is 22.3. The van der Waals surface area contributed by atoms with Crippen LogP contribution in [0.2, 0.25) is 0 Å². The Morgan fingerprint density at radius 1 is 0.826 bits per heavy atom. The minimum atomic E-state index is -1.08. The van der Waals surface area contributed by atoms with E-state index in [1.54, 1.807) is 29.5 Å². The third-order valence-corrected chi connectivity index (χ3v) is 16.0. The summed E-state index contributed by atoms with van der Waals surface area (Å²) in [5, 5.41) is 29.4. The molecule has 2 aromatic rings. The van der Waals surface area contributed by atoms with Crippen LogP contribution in [0.3, 0.4) is 0 Å². The van der Waals surface area contributed by atoms with Crippen LogP contribution >= 0.6 is 11.3 Å². The number of hydrogen-bond acceptors (Lipinski definition) is 18. The highest BCUT2D eigenvalue weighted by Crippen LogP contribution is 2.32. The van der Waals surface area contributed by atoms with Crippen LogP contribution in [0.15, 0.2) is 35.7 Å². The molecule has 2 aliphatic rings. The predicted octanol–water partition coefficient (Wildman–Crippen LogP) is 3.69. The summed E-state index contributed by atoms with van der Waals surface area (Å²) in [6, 6.07) is 0.671. The highest BCUT2D eigenvalue weighted by atomic mass is 32.1. The maximum absolute atomic E-state index is 14.4. The summed E-state index contributed by atoms with van der Waals surface area (Å²) < 4.78 is 22.2. The number of benzene rings is 1. The molecule has 3 heterocycles. The zero-order valence-electron chi connectivity index (χ0n) is 51.7. The largest absolute Gasteiger partial charge is 0.506 e. The van der Waals surface area contributed by atoms with Crippen LogP contribution in [0.1, 0.15) is 147 Å². The first-order valence-electron chi connectivity index (χ1n) is 29.9. The molecule has 25 nitrogen and oxygen atoms in total. The van der Waals surface area contributed by atoms with Gasteiger partial charge in [-0.05, 0) is 89.1 Å². The van der Waals surface area contributed by atoms with Gasteiger partial charge in [0.2, 0.25) is 35.4 Å². The Morgan fingerprint density at radius 2 is 1.49 bits per heavy atom. The Kier molecular flexibility index (Phi) is 30.8. The number of nitrogens with zero attached hydrogens (tertiary/aromatic N) is 4. The maximum Gasteiger partial charge on any atom is 0.303 e. The molecule has 1 unspecified atom stereocenters.